The van der Waals surface area contributed by atoms with E-state index in [1.807, 2.05) is 12.1 Å². The van der Waals surface area contributed by atoms with Crippen molar-refractivity contribution in [2.45, 2.75) is 129 Å². The first kappa shape index (κ1) is 28.0. The third kappa shape index (κ3) is 9.95. The highest BCUT2D eigenvalue weighted by atomic mass is 32.2. The Labute approximate surface area is 191 Å². The largest absolute Gasteiger partial charge is 0.469 e. The number of aryl methyl sites for hydroxylation is 1. The summed E-state index contributed by atoms with van der Waals surface area (Å²) in [7, 11) is -4.33. The first-order valence-corrected chi connectivity index (χ1v) is 14.0. The first-order chi connectivity index (χ1) is 14.8. The molecule has 1 N–H and O–H groups in total. The molecule has 0 aliphatic carbocycles. The second-order valence-electron chi connectivity index (χ2n) is 8.99. The minimum atomic E-state index is -4.33. The van der Waals surface area contributed by atoms with Crippen LogP contribution in [-0.2, 0) is 23.0 Å². The quantitative estimate of drug-likeness (QED) is 0.181. The van der Waals surface area contributed by atoms with Gasteiger partial charge >= 0.3 is 10.1 Å². The lowest BCUT2D eigenvalue weighted by molar-refractivity contribution is 0.153. The summed E-state index contributed by atoms with van der Waals surface area (Å²) >= 11 is 0. The molecular formula is C26H46O4S. The number of hydrogen-bond acceptors (Lipinski definition) is 3. The van der Waals surface area contributed by atoms with Gasteiger partial charge in [0, 0.05) is 6.42 Å². The maximum absolute atomic E-state index is 12.0. The molecular weight excluding hydrogens is 408 g/mol. The summed E-state index contributed by atoms with van der Waals surface area (Å²) in [5.41, 5.74) is 2.38. The molecule has 180 valence electrons. The van der Waals surface area contributed by atoms with E-state index >= 15 is 0 Å². The normalized spacial score (nSPS) is 13.8. The van der Waals surface area contributed by atoms with Gasteiger partial charge < -0.3 is 4.74 Å². The Balaban J connectivity index is 2.93. The van der Waals surface area contributed by atoms with Gasteiger partial charge in [0.2, 0.25) is 4.93 Å². The predicted octanol–water partition coefficient (Wildman–Crippen LogP) is 7.89. The topological polar surface area (TPSA) is 63.6 Å². The molecule has 0 heterocycles. The zero-order valence-corrected chi connectivity index (χ0v) is 21.2. The van der Waals surface area contributed by atoms with Gasteiger partial charge in [-0.2, -0.15) is 8.42 Å². The van der Waals surface area contributed by atoms with E-state index in [1.165, 1.54) is 76.7 Å². The van der Waals surface area contributed by atoms with Gasteiger partial charge in [-0.1, -0.05) is 97.1 Å². The lowest BCUT2D eigenvalue weighted by Gasteiger charge is -2.28. The van der Waals surface area contributed by atoms with Crippen LogP contribution >= 0.6 is 0 Å². The molecule has 5 heteroatoms. The van der Waals surface area contributed by atoms with Gasteiger partial charge in [-0.25, -0.2) is 0 Å². The lowest BCUT2D eigenvalue weighted by atomic mass is 9.95. The van der Waals surface area contributed by atoms with Gasteiger partial charge in [-0.3, -0.25) is 4.55 Å². The number of ether oxygens (including phenoxy) is 1. The maximum atomic E-state index is 12.0. The van der Waals surface area contributed by atoms with Crippen LogP contribution in [0.15, 0.2) is 18.2 Å². The van der Waals surface area contributed by atoms with Crippen LogP contribution in [0, 0.1) is 0 Å². The van der Waals surface area contributed by atoms with Crippen molar-refractivity contribution in [1.29, 1.82) is 0 Å². The number of hydrogen-bond donors (Lipinski definition) is 1. The highest BCUT2D eigenvalue weighted by Crippen LogP contribution is 2.32. The van der Waals surface area contributed by atoms with Gasteiger partial charge in [0.25, 0.3) is 0 Å². The second kappa shape index (κ2) is 14.9. The smallest absolute Gasteiger partial charge is 0.306 e. The van der Waals surface area contributed by atoms with Crippen molar-refractivity contribution >= 4 is 10.1 Å². The van der Waals surface area contributed by atoms with Gasteiger partial charge in [-0.15, -0.1) is 0 Å². The highest BCUT2D eigenvalue weighted by Gasteiger charge is 2.39. The number of benzene rings is 1. The van der Waals surface area contributed by atoms with E-state index in [9.17, 15) is 13.0 Å². The molecule has 0 saturated carbocycles. The van der Waals surface area contributed by atoms with E-state index < -0.39 is 15.1 Å². The fourth-order valence-corrected chi connectivity index (χ4v) is 4.50. The summed E-state index contributed by atoms with van der Waals surface area (Å²) in [6.07, 6.45) is 16.8. The molecule has 1 aromatic carbocycles. The Hall–Kier alpha value is -1.07. The number of unbranched alkanes of at least 4 members (excludes halogenated alkanes) is 10. The number of rotatable bonds is 18. The average Bonchev–Trinajstić information content (AvgIpc) is 2.73. The van der Waals surface area contributed by atoms with Crippen LogP contribution in [-0.4, -0.2) is 17.9 Å². The van der Waals surface area contributed by atoms with Crippen molar-refractivity contribution in [2.24, 2.45) is 0 Å². The highest BCUT2D eigenvalue weighted by molar-refractivity contribution is 7.87. The second-order valence-corrected chi connectivity index (χ2v) is 10.8. The van der Waals surface area contributed by atoms with Crippen LogP contribution in [0.3, 0.4) is 0 Å². The van der Waals surface area contributed by atoms with E-state index in [-0.39, 0.29) is 6.42 Å². The molecule has 0 aliphatic heterocycles. The lowest BCUT2D eigenvalue weighted by Crippen LogP contribution is -2.40. The standard InChI is InChI=1S/C26H46O4S/c1-5-8-10-12-14-16-19-23-20-18-22-25(30-26(4,7-3)31(27,28)29)24(23)21-17-15-13-11-9-6-2/h18,20,22H,5-17,19,21H2,1-4H3,(H,27,28,29). The molecule has 0 fully saturated rings. The van der Waals surface area contributed by atoms with Gasteiger partial charge in [-0.05, 0) is 49.8 Å². The molecule has 0 amide bonds. The van der Waals surface area contributed by atoms with E-state index in [1.54, 1.807) is 6.92 Å². The molecule has 0 aliphatic rings. The summed E-state index contributed by atoms with van der Waals surface area (Å²) in [5.74, 6) is 0.610. The van der Waals surface area contributed by atoms with Crippen molar-refractivity contribution in [3.05, 3.63) is 29.3 Å². The Bertz CT molecular complexity index is 714. The summed E-state index contributed by atoms with van der Waals surface area (Å²) in [4.78, 5) is -1.62. The molecule has 0 aromatic heterocycles. The minimum Gasteiger partial charge on any atom is -0.469 e. The molecule has 1 aromatic rings. The molecule has 1 atom stereocenters. The molecule has 1 unspecified atom stereocenters. The molecule has 0 saturated heterocycles. The van der Waals surface area contributed by atoms with E-state index in [4.69, 9.17) is 4.74 Å². The van der Waals surface area contributed by atoms with Crippen molar-refractivity contribution in [2.75, 3.05) is 0 Å². The van der Waals surface area contributed by atoms with Gasteiger partial charge in [0.1, 0.15) is 5.75 Å². The molecule has 0 bridgehead atoms. The summed E-state index contributed by atoms with van der Waals surface area (Å²) < 4.78 is 39.7. The Morgan fingerprint density at radius 3 is 1.84 bits per heavy atom. The van der Waals surface area contributed by atoms with Gasteiger partial charge in [0.15, 0.2) is 0 Å². The minimum absolute atomic E-state index is 0.184. The fourth-order valence-electron chi connectivity index (χ4n) is 3.94. The van der Waals surface area contributed by atoms with E-state index in [0.717, 1.165) is 31.2 Å². The van der Waals surface area contributed by atoms with Crippen molar-refractivity contribution in [3.63, 3.8) is 0 Å². The van der Waals surface area contributed by atoms with Gasteiger partial charge in [0.05, 0.1) is 0 Å². The summed E-state index contributed by atoms with van der Waals surface area (Å²) in [6, 6.07) is 5.96. The fraction of sp³-hybridized carbons (Fsp3) is 0.769. The van der Waals surface area contributed by atoms with Crippen LogP contribution in [0.5, 0.6) is 5.75 Å². The molecule has 0 radical (unpaired) electrons. The van der Waals surface area contributed by atoms with E-state index in [2.05, 4.69) is 19.9 Å². The molecule has 1 rings (SSSR count). The van der Waals surface area contributed by atoms with Crippen LogP contribution in [0.2, 0.25) is 0 Å². The van der Waals surface area contributed by atoms with Crippen LogP contribution in [0.25, 0.3) is 0 Å². The average molecular weight is 455 g/mol. The molecule has 4 nitrogen and oxygen atoms in total. The Morgan fingerprint density at radius 1 is 0.806 bits per heavy atom. The third-order valence-corrected chi connectivity index (χ3v) is 7.79. The molecule has 0 spiro atoms. The SMILES string of the molecule is CCCCCCCCc1cccc(OC(C)(CC)S(=O)(=O)O)c1CCCCCCCC. The zero-order chi connectivity index (χ0) is 23.2. The van der Waals surface area contributed by atoms with Crippen LogP contribution < -0.4 is 4.74 Å². The Morgan fingerprint density at radius 2 is 1.32 bits per heavy atom. The Kier molecular flexibility index (Phi) is 13.4. The third-order valence-electron chi connectivity index (χ3n) is 6.32. The summed E-state index contributed by atoms with van der Waals surface area (Å²) in [6.45, 7) is 7.64. The van der Waals surface area contributed by atoms with Crippen LogP contribution in [0.1, 0.15) is 122 Å². The first-order valence-electron chi connectivity index (χ1n) is 12.6. The van der Waals surface area contributed by atoms with Crippen LogP contribution in [0.4, 0.5) is 0 Å². The van der Waals surface area contributed by atoms with Crippen molar-refractivity contribution in [1.82, 2.24) is 0 Å². The van der Waals surface area contributed by atoms with Crippen molar-refractivity contribution in [3.8, 4) is 5.75 Å². The molecule has 31 heavy (non-hydrogen) atoms. The maximum Gasteiger partial charge on any atom is 0.306 e. The predicted molar refractivity (Wildman–Crippen MR) is 131 cm³/mol. The zero-order valence-electron chi connectivity index (χ0n) is 20.4. The van der Waals surface area contributed by atoms with Crippen molar-refractivity contribution < 1.29 is 17.7 Å². The summed E-state index contributed by atoms with van der Waals surface area (Å²) in [5, 5.41) is 0. The monoisotopic (exact) mass is 454 g/mol. The van der Waals surface area contributed by atoms with E-state index in [0.29, 0.717) is 5.75 Å².